The van der Waals surface area contributed by atoms with Gasteiger partial charge in [-0.2, -0.15) is 19.8 Å². The molecule has 0 saturated carbocycles. The van der Waals surface area contributed by atoms with E-state index in [4.69, 9.17) is 0 Å². The summed E-state index contributed by atoms with van der Waals surface area (Å²) in [4.78, 5) is 8.51. The molecule has 4 heterocycles. The Bertz CT molecular complexity index is 1220. The second-order valence-corrected chi connectivity index (χ2v) is 7.39. The largest absolute Gasteiger partial charge is 2.00 e. The number of nitrogens with zero attached hydrogens (tertiary/aromatic N) is 6. The molecule has 6 rings (SSSR count). The molecule has 4 aromatic heterocycles. The Kier molecular flexibility index (Phi) is 12.1. The first-order valence-electron chi connectivity index (χ1n) is 10.8. The van der Waals surface area contributed by atoms with Gasteiger partial charge in [-0.15, -0.1) is 0 Å². The Morgan fingerprint density at radius 2 is 0.811 bits per heavy atom. The maximum Gasteiger partial charge on any atom is 2.00 e. The smallest absolute Gasteiger partial charge is 0.573 e. The van der Waals surface area contributed by atoms with Crippen LogP contribution in [0.1, 0.15) is 0 Å². The molecule has 6 nitrogen and oxygen atoms in total. The third-order valence-corrected chi connectivity index (χ3v) is 5.07. The van der Waals surface area contributed by atoms with Crippen molar-refractivity contribution < 1.29 is 19.8 Å². The Morgan fingerprint density at radius 3 is 1.16 bits per heavy atom. The molecular weight excluding hydrogens is 673 g/mol. The molecule has 0 fully saturated rings. The van der Waals surface area contributed by atoms with Gasteiger partial charge in [-0.1, -0.05) is 84.2 Å². The zero-order chi connectivity index (χ0) is 23.0. The third kappa shape index (κ3) is 7.82. The number of rotatable bonds is 4. The second kappa shape index (κ2) is 15.0. The molecular formula is C28H26N6OsP2. The molecule has 0 amide bonds. The summed E-state index contributed by atoms with van der Waals surface area (Å²) in [6, 6.07) is 35.4. The standard InChI is InChI=1S/2C14H10N3.Os.2H3P/c2*1-2-6-11(7-3-1)13-10-14(17-16-13)12-8-4-5-9-15-12;;;/h2*1-10H;;2*1H3/q2*-1;+2;;. The molecule has 6 aromatic rings. The van der Waals surface area contributed by atoms with Crippen molar-refractivity contribution in [2.75, 3.05) is 0 Å². The van der Waals surface area contributed by atoms with E-state index in [9.17, 15) is 0 Å². The number of benzene rings is 2. The maximum absolute atomic E-state index is 4.25. The fourth-order valence-corrected chi connectivity index (χ4v) is 3.37. The topological polar surface area (TPSA) is 79.8 Å². The normalized spacial score (nSPS) is 9.51. The van der Waals surface area contributed by atoms with Crippen LogP contribution in [-0.2, 0) is 19.8 Å². The monoisotopic (exact) mass is 700 g/mol. The quantitative estimate of drug-likeness (QED) is 0.222. The molecule has 0 N–H and O–H groups in total. The van der Waals surface area contributed by atoms with Gasteiger partial charge in [0.2, 0.25) is 0 Å². The second-order valence-electron chi connectivity index (χ2n) is 7.39. The molecule has 0 bridgehead atoms. The van der Waals surface area contributed by atoms with E-state index in [1.807, 2.05) is 109 Å². The van der Waals surface area contributed by atoms with Crippen LogP contribution in [-0.4, -0.2) is 20.2 Å². The molecule has 0 saturated heterocycles. The molecule has 0 spiro atoms. The SMILES string of the molecule is P.P.[Os+2].c1ccc(-c2cc(-c3ccccn3)[n-]n2)cc1.c1ccc(-c2cc(-c3ccccn3)[n-]n2)cc1. The van der Waals surface area contributed by atoms with E-state index in [1.165, 1.54) is 0 Å². The van der Waals surface area contributed by atoms with Crippen molar-refractivity contribution in [3.63, 3.8) is 0 Å². The average Bonchev–Trinajstić information content (AvgIpc) is 3.62. The summed E-state index contributed by atoms with van der Waals surface area (Å²) >= 11 is 0. The average molecular weight is 699 g/mol. The molecule has 9 heteroatoms. The van der Waals surface area contributed by atoms with Crippen LogP contribution in [0.5, 0.6) is 0 Å². The van der Waals surface area contributed by atoms with Crippen LogP contribution in [0.2, 0.25) is 0 Å². The molecule has 2 unspecified atom stereocenters. The summed E-state index contributed by atoms with van der Waals surface area (Å²) in [7, 11) is 0. The number of hydrogen-bond donors (Lipinski definition) is 0. The molecule has 0 aliphatic carbocycles. The Hall–Kier alpha value is -3.34. The van der Waals surface area contributed by atoms with E-state index in [-0.39, 0.29) is 39.6 Å². The Labute approximate surface area is 236 Å². The van der Waals surface area contributed by atoms with Crippen LogP contribution >= 0.6 is 19.8 Å². The van der Waals surface area contributed by atoms with Gasteiger partial charge >= 0.3 is 19.8 Å². The molecule has 0 aliphatic rings. The molecule has 2 atom stereocenters. The zero-order valence-electron chi connectivity index (χ0n) is 20.0. The van der Waals surface area contributed by atoms with E-state index in [0.717, 1.165) is 45.3 Å². The van der Waals surface area contributed by atoms with Gasteiger partial charge in [-0.25, -0.2) is 0 Å². The van der Waals surface area contributed by atoms with E-state index >= 15 is 0 Å². The first-order valence-corrected chi connectivity index (χ1v) is 10.8. The van der Waals surface area contributed by atoms with Crippen molar-refractivity contribution in [1.82, 2.24) is 30.4 Å². The number of aromatic nitrogens is 6. The third-order valence-electron chi connectivity index (χ3n) is 5.07. The molecule has 37 heavy (non-hydrogen) atoms. The zero-order valence-corrected chi connectivity index (χ0v) is 25.4. The van der Waals surface area contributed by atoms with Crippen LogP contribution in [0, 0.1) is 0 Å². The summed E-state index contributed by atoms with van der Waals surface area (Å²) in [6.45, 7) is 0. The Balaban J connectivity index is 0.000000241. The minimum Gasteiger partial charge on any atom is -0.573 e. The van der Waals surface area contributed by atoms with Crippen LogP contribution in [0.15, 0.2) is 122 Å². The van der Waals surface area contributed by atoms with Crippen molar-refractivity contribution in [3.8, 4) is 45.3 Å². The van der Waals surface area contributed by atoms with E-state index < -0.39 is 0 Å². The Morgan fingerprint density at radius 1 is 0.432 bits per heavy atom. The molecule has 0 aliphatic heterocycles. The van der Waals surface area contributed by atoms with Gasteiger partial charge in [0.05, 0.1) is 0 Å². The van der Waals surface area contributed by atoms with Gasteiger partial charge in [0.15, 0.2) is 0 Å². The fourth-order valence-electron chi connectivity index (χ4n) is 3.37. The fraction of sp³-hybridized carbons (Fsp3) is 0. The van der Waals surface area contributed by atoms with E-state index in [0.29, 0.717) is 0 Å². The minimum absolute atomic E-state index is 0. The van der Waals surface area contributed by atoms with Crippen molar-refractivity contribution in [1.29, 1.82) is 0 Å². The van der Waals surface area contributed by atoms with E-state index in [1.54, 1.807) is 12.4 Å². The van der Waals surface area contributed by atoms with E-state index in [2.05, 4.69) is 30.4 Å². The summed E-state index contributed by atoms with van der Waals surface area (Å²) in [6.07, 6.45) is 3.51. The molecule has 2 aromatic carbocycles. The van der Waals surface area contributed by atoms with Crippen LogP contribution < -0.4 is 10.2 Å². The van der Waals surface area contributed by atoms with Crippen molar-refractivity contribution >= 4 is 19.8 Å². The summed E-state index contributed by atoms with van der Waals surface area (Å²) in [5, 5.41) is 16.6. The van der Waals surface area contributed by atoms with Gasteiger partial charge in [0.25, 0.3) is 0 Å². The summed E-state index contributed by atoms with van der Waals surface area (Å²) < 4.78 is 0. The van der Waals surface area contributed by atoms with Gasteiger partial charge in [-0.05, 0) is 47.5 Å². The van der Waals surface area contributed by atoms with Gasteiger partial charge < -0.3 is 20.4 Å². The maximum atomic E-state index is 4.25. The van der Waals surface area contributed by atoms with Crippen molar-refractivity contribution in [2.24, 2.45) is 0 Å². The first-order chi connectivity index (χ1) is 16.9. The summed E-state index contributed by atoms with van der Waals surface area (Å²) in [5.74, 6) is 0. The predicted molar refractivity (Wildman–Crippen MR) is 155 cm³/mol. The number of hydrogen-bond acceptors (Lipinski definition) is 4. The first kappa shape index (κ1) is 29.9. The molecule has 0 radical (unpaired) electrons. The van der Waals surface area contributed by atoms with Crippen LogP contribution in [0.25, 0.3) is 45.3 Å². The van der Waals surface area contributed by atoms with Crippen molar-refractivity contribution in [2.45, 2.75) is 0 Å². The summed E-state index contributed by atoms with van der Waals surface area (Å²) in [5.41, 5.74) is 7.22. The van der Waals surface area contributed by atoms with Crippen LogP contribution in [0.3, 0.4) is 0 Å². The van der Waals surface area contributed by atoms with Gasteiger partial charge in [-0.3, -0.25) is 9.97 Å². The van der Waals surface area contributed by atoms with Crippen molar-refractivity contribution in [3.05, 3.63) is 122 Å². The number of pyridine rings is 2. The van der Waals surface area contributed by atoms with Crippen LogP contribution in [0.4, 0.5) is 0 Å². The van der Waals surface area contributed by atoms with Gasteiger partial charge in [0.1, 0.15) is 0 Å². The molecule has 186 valence electrons. The minimum atomic E-state index is 0. The predicted octanol–water partition coefficient (Wildman–Crippen LogP) is 5.65. The van der Waals surface area contributed by atoms with Gasteiger partial charge in [0, 0.05) is 35.2 Å².